The zero-order valence-electron chi connectivity index (χ0n) is 11.8. The normalized spacial score (nSPS) is 21.9. The first-order valence-corrected chi connectivity index (χ1v) is 6.71. The van der Waals surface area contributed by atoms with E-state index < -0.39 is 0 Å². The molecule has 1 saturated heterocycles. The Morgan fingerprint density at radius 1 is 1.22 bits per heavy atom. The first kappa shape index (κ1) is 13.5. The van der Waals surface area contributed by atoms with Crippen LogP contribution in [-0.4, -0.2) is 32.8 Å². The highest BCUT2D eigenvalue weighted by molar-refractivity contribution is 5.38. The van der Waals surface area contributed by atoms with Gasteiger partial charge in [0, 0.05) is 13.1 Å². The van der Waals surface area contributed by atoms with Crippen LogP contribution in [0.1, 0.15) is 28.3 Å². The average molecular weight is 248 g/mol. The summed E-state index contributed by atoms with van der Waals surface area (Å²) in [6.45, 7) is 9.19. The summed E-state index contributed by atoms with van der Waals surface area (Å²) in [5.74, 6) is 0. The summed E-state index contributed by atoms with van der Waals surface area (Å²) < 4.78 is 5.89. The zero-order valence-corrected chi connectivity index (χ0v) is 11.8. The Balaban J connectivity index is 2.28. The van der Waals surface area contributed by atoms with Gasteiger partial charge >= 0.3 is 0 Å². The van der Waals surface area contributed by atoms with E-state index in [1.165, 1.54) is 22.3 Å². The Labute approximate surface area is 110 Å². The third kappa shape index (κ3) is 2.74. The number of ether oxygens (including phenoxy) is 1. The van der Waals surface area contributed by atoms with Crippen LogP contribution in [0.5, 0.6) is 0 Å². The lowest BCUT2D eigenvalue weighted by Gasteiger charge is -2.32. The van der Waals surface area contributed by atoms with Gasteiger partial charge in [0.2, 0.25) is 0 Å². The molecule has 0 bridgehead atoms. The molecule has 0 radical (unpaired) electrons. The molecule has 0 aliphatic carbocycles. The van der Waals surface area contributed by atoms with Crippen molar-refractivity contribution in [2.75, 3.05) is 26.7 Å². The number of rotatable bonds is 3. The summed E-state index contributed by atoms with van der Waals surface area (Å²) in [5, 5.41) is 6.81. The van der Waals surface area contributed by atoms with Crippen LogP contribution in [0.4, 0.5) is 0 Å². The molecule has 0 amide bonds. The maximum atomic E-state index is 5.89. The third-order valence-corrected chi connectivity index (χ3v) is 3.86. The quantitative estimate of drug-likeness (QED) is 0.856. The average Bonchev–Trinajstić information content (AvgIpc) is 2.38. The summed E-state index contributed by atoms with van der Waals surface area (Å²) in [5.41, 5.74) is 5.40. The second-order valence-electron chi connectivity index (χ2n) is 5.17. The van der Waals surface area contributed by atoms with Crippen molar-refractivity contribution in [3.8, 4) is 0 Å². The summed E-state index contributed by atoms with van der Waals surface area (Å²) in [6, 6.07) is 4.83. The van der Waals surface area contributed by atoms with Crippen molar-refractivity contribution in [2.24, 2.45) is 0 Å². The Bertz CT molecular complexity index is 411. The molecule has 0 spiro atoms. The van der Waals surface area contributed by atoms with Gasteiger partial charge in [-0.05, 0) is 50.1 Å². The molecule has 2 rings (SSSR count). The SMILES string of the molecule is CNC(c1cc(C)c(C)cc1C)C1CNCCO1. The van der Waals surface area contributed by atoms with Crippen LogP contribution in [0, 0.1) is 20.8 Å². The number of likely N-dealkylation sites (N-methyl/N-ethyl adjacent to an activating group) is 1. The van der Waals surface area contributed by atoms with Crippen LogP contribution >= 0.6 is 0 Å². The third-order valence-electron chi connectivity index (χ3n) is 3.86. The largest absolute Gasteiger partial charge is 0.374 e. The van der Waals surface area contributed by atoms with Gasteiger partial charge in [-0.1, -0.05) is 12.1 Å². The van der Waals surface area contributed by atoms with E-state index in [-0.39, 0.29) is 12.1 Å². The molecule has 1 aromatic rings. The molecule has 1 heterocycles. The van der Waals surface area contributed by atoms with Gasteiger partial charge in [-0.15, -0.1) is 0 Å². The van der Waals surface area contributed by atoms with E-state index in [1.807, 2.05) is 7.05 Å². The van der Waals surface area contributed by atoms with Crippen molar-refractivity contribution >= 4 is 0 Å². The maximum Gasteiger partial charge on any atom is 0.0894 e. The highest BCUT2D eigenvalue weighted by Crippen LogP contribution is 2.26. The number of hydrogen-bond acceptors (Lipinski definition) is 3. The number of hydrogen-bond donors (Lipinski definition) is 2. The maximum absolute atomic E-state index is 5.89. The number of aryl methyl sites for hydroxylation is 3. The molecule has 2 N–H and O–H groups in total. The molecule has 0 aromatic heterocycles. The molecular formula is C15H24N2O. The lowest BCUT2D eigenvalue weighted by Crippen LogP contribution is -2.45. The number of morpholine rings is 1. The van der Waals surface area contributed by atoms with Gasteiger partial charge in [0.25, 0.3) is 0 Å². The molecule has 18 heavy (non-hydrogen) atoms. The van der Waals surface area contributed by atoms with Crippen LogP contribution < -0.4 is 10.6 Å². The highest BCUT2D eigenvalue weighted by atomic mass is 16.5. The van der Waals surface area contributed by atoms with Gasteiger partial charge in [0.15, 0.2) is 0 Å². The molecule has 1 aliphatic rings. The van der Waals surface area contributed by atoms with E-state index in [0.717, 1.165) is 19.7 Å². The van der Waals surface area contributed by atoms with Crippen LogP contribution in [-0.2, 0) is 4.74 Å². The Morgan fingerprint density at radius 3 is 2.56 bits per heavy atom. The molecule has 3 heteroatoms. The minimum absolute atomic E-state index is 0.213. The Hall–Kier alpha value is -0.900. The van der Waals surface area contributed by atoms with Gasteiger partial charge in [-0.2, -0.15) is 0 Å². The fraction of sp³-hybridized carbons (Fsp3) is 0.600. The zero-order chi connectivity index (χ0) is 13.1. The number of benzene rings is 1. The predicted molar refractivity (Wildman–Crippen MR) is 75.1 cm³/mol. The van der Waals surface area contributed by atoms with Crippen molar-refractivity contribution in [1.29, 1.82) is 0 Å². The monoisotopic (exact) mass is 248 g/mol. The van der Waals surface area contributed by atoms with E-state index in [2.05, 4.69) is 43.5 Å². The second kappa shape index (κ2) is 5.83. The van der Waals surface area contributed by atoms with Crippen LogP contribution in [0.15, 0.2) is 12.1 Å². The predicted octanol–water partition coefficient (Wildman–Crippen LogP) is 1.86. The molecule has 1 fully saturated rings. The van der Waals surface area contributed by atoms with Gasteiger partial charge in [0.1, 0.15) is 0 Å². The van der Waals surface area contributed by atoms with E-state index >= 15 is 0 Å². The van der Waals surface area contributed by atoms with E-state index in [9.17, 15) is 0 Å². The van der Waals surface area contributed by atoms with Crippen molar-refractivity contribution in [3.05, 3.63) is 34.4 Å². The van der Waals surface area contributed by atoms with Crippen LogP contribution in [0.3, 0.4) is 0 Å². The summed E-state index contributed by atoms with van der Waals surface area (Å²) in [4.78, 5) is 0. The number of nitrogens with one attached hydrogen (secondary N) is 2. The molecule has 2 unspecified atom stereocenters. The lowest BCUT2D eigenvalue weighted by atomic mass is 9.92. The lowest BCUT2D eigenvalue weighted by molar-refractivity contribution is 0.00523. The molecule has 1 aromatic carbocycles. The van der Waals surface area contributed by atoms with Crippen LogP contribution in [0.25, 0.3) is 0 Å². The van der Waals surface area contributed by atoms with Crippen LogP contribution in [0.2, 0.25) is 0 Å². The van der Waals surface area contributed by atoms with E-state index in [0.29, 0.717) is 0 Å². The van der Waals surface area contributed by atoms with Crippen molar-refractivity contribution in [2.45, 2.75) is 32.9 Å². The standard InChI is InChI=1S/C15H24N2O/c1-10-7-12(3)13(8-11(10)2)15(16-4)14-9-17-5-6-18-14/h7-8,14-17H,5-6,9H2,1-4H3. The van der Waals surface area contributed by atoms with Crippen molar-refractivity contribution in [3.63, 3.8) is 0 Å². The molecule has 100 valence electrons. The molecule has 2 atom stereocenters. The van der Waals surface area contributed by atoms with Gasteiger partial charge in [0.05, 0.1) is 18.8 Å². The summed E-state index contributed by atoms with van der Waals surface area (Å²) in [6.07, 6.45) is 0.213. The first-order valence-electron chi connectivity index (χ1n) is 6.71. The Morgan fingerprint density at radius 2 is 1.94 bits per heavy atom. The molecule has 3 nitrogen and oxygen atoms in total. The minimum atomic E-state index is 0.213. The van der Waals surface area contributed by atoms with Gasteiger partial charge in [-0.25, -0.2) is 0 Å². The highest BCUT2D eigenvalue weighted by Gasteiger charge is 2.25. The van der Waals surface area contributed by atoms with Crippen molar-refractivity contribution in [1.82, 2.24) is 10.6 Å². The van der Waals surface area contributed by atoms with E-state index in [4.69, 9.17) is 4.74 Å². The fourth-order valence-electron chi connectivity index (χ4n) is 2.66. The Kier molecular flexibility index (Phi) is 4.38. The molecule has 0 saturated carbocycles. The molecular weight excluding hydrogens is 224 g/mol. The first-order chi connectivity index (χ1) is 8.63. The smallest absolute Gasteiger partial charge is 0.0894 e. The second-order valence-corrected chi connectivity index (χ2v) is 5.17. The van der Waals surface area contributed by atoms with Gasteiger partial charge < -0.3 is 15.4 Å². The van der Waals surface area contributed by atoms with E-state index in [1.54, 1.807) is 0 Å². The fourth-order valence-corrected chi connectivity index (χ4v) is 2.66. The minimum Gasteiger partial charge on any atom is -0.374 e. The topological polar surface area (TPSA) is 33.3 Å². The van der Waals surface area contributed by atoms with Gasteiger partial charge in [-0.3, -0.25) is 0 Å². The summed E-state index contributed by atoms with van der Waals surface area (Å²) >= 11 is 0. The molecule has 1 aliphatic heterocycles. The van der Waals surface area contributed by atoms with Crippen molar-refractivity contribution < 1.29 is 4.74 Å². The summed E-state index contributed by atoms with van der Waals surface area (Å²) in [7, 11) is 2.01.